The Hall–Kier alpha value is -2.86. The highest BCUT2D eigenvalue weighted by Crippen LogP contribution is 2.26. The van der Waals surface area contributed by atoms with E-state index in [9.17, 15) is 9.59 Å². The monoisotopic (exact) mass is 408 g/mol. The molecule has 142 valence electrons. The van der Waals surface area contributed by atoms with Crippen molar-refractivity contribution in [2.75, 3.05) is 18.2 Å². The molecule has 0 spiro atoms. The van der Waals surface area contributed by atoms with Gasteiger partial charge in [0, 0.05) is 13.2 Å². The number of nitrogens with one attached hydrogen (secondary N) is 2. The molecule has 0 radical (unpaired) electrons. The number of aryl methyl sites for hydroxylation is 1. The first-order chi connectivity index (χ1) is 13.0. The van der Waals surface area contributed by atoms with E-state index in [2.05, 4.69) is 25.9 Å². The fourth-order valence-electron chi connectivity index (χ4n) is 2.03. The summed E-state index contributed by atoms with van der Waals surface area (Å²) in [4.78, 5) is 24.1. The van der Waals surface area contributed by atoms with Crippen LogP contribution in [0.2, 0.25) is 0 Å². The predicted octanol–water partition coefficient (Wildman–Crippen LogP) is 1.53. The third kappa shape index (κ3) is 5.08. The molecule has 12 heteroatoms. The maximum Gasteiger partial charge on any atom is 0.264 e. The molecule has 10 nitrogen and oxygen atoms in total. The van der Waals surface area contributed by atoms with Gasteiger partial charge in [0.2, 0.25) is 16.9 Å². The largest absolute Gasteiger partial charge is 0.479 e. The van der Waals surface area contributed by atoms with Crippen molar-refractivity contribution in [3.63, 3.8) is 0 Å². The van der Waals surface area contributed by atoms with Crippen molar-refractivity contribution in [3.05, 3.63) is 35.9 Å². The molecule has 27 heavy (non-hydrogen) atoms. The van der Waals surface area contributed by atoms with Gasteiger partial charge in [0.15, 0.2) is 4.34 Å². The summed E-state index contributed by atoms with van der Waals surface area (Å²) in [6.45, 7) is 0.330. The first-order valence-corrected chi connectivity index (χ1v) is 9.49. The van der Waals surface area contributed by atoms with Gasteiger partial charge < -0.3 is 14.5 Å². The Morgan fingerprint density at radius 2 is 2.26 bits per heavy atom. The van der Waals surface area contributed by atoms with Crippen LogP contribution in [0.25, 0.3) is 0 Å². The summed E-state index contributed by atoms with van der Waals surface area (Å²) in [6.07, 6.45) is 3.10. The van der Waals surface area contributed by atoms with E-state index < -0.39 is 5.91 Å². The summed E-state index contributed by atoms with van der Waals surface area (Å²) in [5.41, 5.74) is 0.293. The molecule has 2 N–H and O–H groups in total. The van der Waals surface area contributed by atoms with Gasteiger partial charge in [0.25, 0.3) is 5.91 Å². The van der Waals surface area contributed by atoms with E-state index in [0.717, 1.165) is 0 Å². The van der Waals surface area contributed by atoms with Crippen molar-refractivity contribution >= 4 is 40.0 Å². The molecule has 3 heterocycles. The molecule has 0 aliphatic carbocycles. The summed E-state index contributed by atoms with van der Waals surface area (Å²) >= 11 is 2.41. The molecule has 3 rings (SSSR count). The molecular formula is C15H16N6O4S2. The van der Waals surface area contributed by atoms with Gasteiger partial charge in [-0.15, -0.1) is 15.3 Å². The number of ether oxygens (including phenoxy) is 1. The van der Waals surface area contributed by atoms with Crippen LogP contribution in [0.4, 0.5) is 5.13 Å². The van der Waals surface area contributed by atoms with E-state index >= 15 is 0 Å². The zero-order chi connectivity index (χ0) is 19.2. The van der Waals surface area contributed by atoms with E-state index in [4.69, 9.17) is 9.15 Å². The van der Waals surface area contributed by atoms with E-state index in [-0.39, 0.29) is 17.5 Å². The fourth-order valence-corrected chi connectivity index (χ4v) is 3.61. The van der Waals surface area contributed by atoms with Crippen LogP contribution in [-0.2, 0) is 18.4 Å². The summed E-state index contributed by atoms with van der Waals surface area (Å²) in [5.74, 6) is 0.531. The third-order valence-corrected chi connectivity index (χ3v) is 5.20. The van der Waals surface area contributed by atoms with Crippen LogP contribution < -0.4 is 15.4 Å². The molecular weight excluding hydrogens is 392 g/mol. The number of nitrogens with zero attached hydrogens (tertiary/aromatic N) is 4. The molecule has 0 fully saturated rings. The number of hydrogen-bond donors (Lipinski definition) is 2. The number of hydrogen-bond acceptors (Lipinski definition) is 9. The molecule has 0 saturated carbocycles. The Morgan fingerprint density at radius 1 is 1.41 bits per heavy atom. The molecule has 3 aromatic rings. The van der Waals surface area contributed by atoms with Crippen LogP contribution in [0.3, 0.4) is 0 Å². The van der Waals surface area contributed by atoms with Crippen molar-refractivity contribution in [1.82, 2.24) is 25.3 Å². The lowest BCUT2D eigenvalue weighted by atomic mass is 10.3. The van der Waals surface area contributed by atoms with Crippen molar-refractivity contribution < 1.29 is 18.7 Å². The van der Waals surface area contributed by atoms with Gasteiger partial charge in [-0.1, -0.05) is 23.1 Å². The average molecular weight is 408 g/mol. The number of rotatable bonds is 8. The number of furan rings is 1. The second-order valence-corrected chi connectivity index (χ2v) is 7.40. The zero-order valence-electron chi connectivity index (χ0n) is 14.5. The maximum absolute atomic E-state index is 12.3. The maximum atomic E-state index is 12.3. The molecule has 0 unspecified atom stereocenters. The number of thioether (sulfide) groups is 1. The van der Waals surface area contributed by atoms with Crippen molar-refractivity contribution in [3.8, 4) is 5.88 Å². The molecule has 3 aromatic heterocycles. The average Bonchev–Trinajstić information content (AvgIpc) is 3.39. The molecule has 0 bridgehead atoms. The quantitative estimate of drug-likeness (QED) is 0.425. The number of anilines is 1. The standard InChI is InChI=1S/C15H16N6O4S2/c1-21-7-10(13(20-21)24-2)12(23)17-14-18-19-15(27-14)26-8-11(22)16-6-9-4-3-5-25-9/h3-5,7H,6,8H2,1-2H3,(H,16,22)(H,17,18,23). The first-order valence-electron chi connectivity index (χ1n) is 7.69. The summed E-state index contributed by atoms with van der Waals surface area (Å²) < 4.78 is 12.3. The van der Waals surface area contributed by atoms with E-state index in [1.54, 1.807) is 31.6 Å². The summed E-state index contributed by atoms with van der Waals surface area (Å²) in [6, 6.07) is 3.54. The van der Waals surface area contributed by atoms with Crippen molar-refractivity contribution in [2.24, 2.45) is 7.05 Å². The van der Waals surface area contributed by atoms with Gasteiger partial charge in [-0.2, -0.15) is 0 Å². The van der Waals surface area contributed by atoms with Crippen LogP contribution in [0.15, 0.2) is 33.3 Å². The van der Waals surface area contributed by atoms with Crippen LogP contribution in [-0.4, -0.2) is 44.7 Å². The van der Waals surface area contributed by atoms with Gasteiger partial charge in [-0.25, -0.2) is 0 Å². The Labute approximate surface area is 162 Å². The Balaban J connectivity index is 1.49. The highest BCUT2D eigenvalue weighted by molar-refractivity contribution is 8.01. The minimum Gasteiger partial charge on any atom is -0.479 e. The lowest BCUT2D eigenvalue weighted by Gasteiger charge is -2.01. The summed E-state index contributed by atoms with van der Waals surface area (Å²) in [5, 5.41) is 17.6. The van der Waals surface area contributed by atoms with Crippen molar-refractivity contribution in [2.45, 2.75) is 10.9 Å². The molecule has 0 saturated heterocycles. The number of carbonyl (C=O) groups is 2. The highest BCUT2D eigenvalue weighted by atomic mass is 32.2. The van der Waals surface area contributed by atoms with Crippen LogP contribution in [0.1, 0.15) is 16.1 Å². The van der Waals surface area contributed by atoms with Crippen LogP contribution in [0.5, 0.6) is 5.88 Å². The first kappa shape index (κ1) is 18.9. The number of methoxy groups -OCH3 is 1. The third-order valence-electron chi connectivity index (χ3n) is 3.23. The van der Waals surface area contributed by atoms with Crippen molar-refractivity contribution in [1.29, 1.82) is 0 Å². The lowest BCUT2D eigenvalue weighted by Crippen LogP contribution is -2.24. The smallest absolute Gasteiger partial charge is 0.264 e. The number of aromatic nitrogens is 4. The number of amides is 2. The second-order valence-electron chi connectivity index (χ2n) is 5.20. The molecule has 0 aliphatic rings. The summed E-state index contributed by atoms with van der Waals surface area (Å²) in [7, 11) is 3.13. The van der Waals surface area contributed by atoms with Gasteiger partial charge in [0.1, 0.15) is 11.3 Å². The lowest BCUT2D eigenvalue weighted by molar-refractivity contribution is -0.118. The van der Waals surface area contributed by atoms with E-state index in [0.29, 0.717) is 27.3 Å². The van der Waals surface area contributed by atoms with E-state index in [1.807, 2.05) is 0 Å². The SMILES string of the molecule is COc1nn(C)cc1C(=O)Nc1nnc(SCC(=O)NCc2ccco2)s1. The Bertz CT molecular complexity index is 921. The molecule has 0 aromatic carbocycles. The van der Waals surface area contributed by atoms with Gasteiger partial charge >= 0.3 is 0 Å². The molecule has 0 aliphatic heterocycles. The highest BCUT2D eigenvalue weighted by Gasteiger charge is 2.18. The predicted molar refractivity (Wildman–Crippen MR) is 98.9 cm³/mol. The minimum absolute atomic E-state index is 0.155. The van der Waals surface area contributed by atoms with E-state index in [1.165, 1.54) is 34.9 Å². The van der Waals surface area contributed by atoms with Crippen LogP contribution in [0, 0.1) is 0 Å². The normalized spacial score (nSPS) is 10.6. The van der Waals surface area contributed by atoms with Crippen LogP contribution >= 0.6 is 23.1 Å². The Morgan fingerprint density at radius 3 is 3.00 bits per heavy atom. The fraction of sp³-hybridized carbons (Fsp3) is 0.267. The molecule has 0 atom stereocenters. The van der Waals surface area contributed by atoms with Gasteiger partial charge in [-0.3, -0.25) is 19.6 Å². The zero-order valence-corrected chi connectivity index (χ0v) is 16.1. The molecule has 2 amide bonds. The minimum atomic E-state index is -0.399. The second kappa shape index (κ2) is 8.68. The topological polar surface area (TPSA) is 124 Å². The van der Waals surface area contributed by atoms with Gasteiger partial charge in [-0.05, 0) is 12.1 Å². The Kier molecular flexibility index (Phi) is 6.08. The number of carbonyl (C=O) groups excluding carboxylic acids is 2. The van der Waals surface area contributed by atoms with Gasteiger partial charge in [0.05, 0.1) is 25.7 Å².